The minimum Gasteiger partial charge on any atom is -0.507 e. The fourth-order valence-electron chi connectivity index (χ4n) is 1.49. The number of aliphatic hydroxyl groups excluding tert-OH is 1. The summed E-state index contributed by atoms with van der Waals surface area (Å²) >= 11 is 0. The maximum absolute atomic E-state index is 13.2. The largest absolute Gasteiger partial charge is 0.507 e. The molecule has 5 nitrogen and oxygen atoms in total. The van der Waals surface area contributed by atoms with Gasteiger partial charge >= 0.3 is 5.97 Å². The summed E-state index contributed by atoms with van der Waals surface area (Å²) in [5, 5.41) is 27.0. The van der Waals surface area contributed by atoms with Crippen molar-refractivity contribution in [3.05, 3.63) is 28.8 Å². The van der Waals surface area contributed by atoms with Gasteiger partial charge in [-0.1, -0.05) is 0 Å². The Balaban J connectivity index is 3.35. The van der Waals surface area contributed by atoms with E-state index in [-0.39, 0.29) is 11.1 Å². The standard InChI is InChI=1S/C11H13F2NO4/c1-5-2-6(10(17)18)3-7(8(5)16)9(14)11(12,13)4-15/h2-3,9,15-16H,4,14H2,1H3,(H,17,18)/t9-/m0/s1. The quantitative estimate of drug-likeness (QED) is 0.648. The molecule has 18 heavy (non-hydrogen) atoms. The Kier molecular flexibility index (Phi) is 3.88. The highest BCUT2D eigenvalue weighted by atomic mass is 19.3. The average molecular weight is 261 g/mol. The summed E-state index contributed by atoms with van der Waals surface area (Å²) in [5.74, 6) is -5.47. The van der Waals surface area contributed by atoms with E-state index in [4.69, 9.17) is 15.9 Å². The summed E-state index contributed by atoms with van der Waals surface area (Å²) in [4.78, 5) is 10.8. The number of carboxylic acids is 1. The summed E-state index contributed by atoms with van der Waals surface area (Å²) in [6.07, 6.45) is 0. The van der Waals surface area contributed by atoms with Crippen molar-refractivity contribution in [3.63, 3.8) is 0 Å². The number of hydrogen-bond donors (Lipinski definition) is 4. The van der Waals surface area contributed by atoms with Crippen LogP contribution in [-0.4, -0.2) is 33.8 Å². The van der Waals surface area contributed by atoms with Gasteiger partial charge in [0, 0.05) is 5.56 Å². The molecule has 0 heterocycles. The van der Waals surface area contributed by atoms with Gasteiger partial charge in [0.1, 0.15) is 18.4 Å². The maximum Gasteiger partial charge on any atom is 0.335 e. The first-order chi connectivity index (χ1) is 8.20. The number of halogens is 2. The van der Waals surface area contributed by atoms with Crippen LogP contribution in [0.15, 0.2) is 12.1 Å². The number of nitrogens with two attached hydrogens (primary N) is 1. The number of benzene rings is 1. The van der Waals surface area contributed by atoms with E-state index in [0.29, 0.717) is 0 Å². The molecule has 0 amide bonds. The first kappa shape index (κ1) is 14.3. The normalized spacial score (nSPS) is 13.4. The fraction of sp³-hybridized carbons (Fsp3) is 0.364. The molecular formula is C11H13F2NO4. The number of aromatic carboxylic acids is 1. The van der Waals surface area contributed by atoms with Gasteiger partial charge in [0.25, 0.3) is 5.92 Å². The molecule has 0 bridgehead atoms. The Morgan fingerprint density at radius 2 is 2.06 bits per heavy atom. The molecule has 0 spiro atoms. The molecule has 0 saturated carbocycles. The van der Waals surface area contributed by atoms with E-state index in [0.717, 1.165) is 12.1 Å². The zero-order valence-electron chi connectivity index (χ0n) is 9.52. The second-order valence-corrected chi connectivity index (χ2v) is 3.93. The number of carbonyl (C=O) groups is 1. The Morgan fingerprint density at radius 1 is 1.50 bits per heavy atom. The molecular weight excluding hydrogens is 248 g/mol. The molecule has 7 heteroatoms. The topological polar surface area (TPSA) is 104 Å². The molecule has 0 fully saturated rings. The third-order valence-corrected chi connectivity index (χ3v) is 2.58. The van der Waals surface area contributed by atoms with E-state index in [1.165, 1.54) is 6.92 Å². The van der Waals surface area contributed by atoms with Crippen LogP contribution in [0.3, 0.4) is 0 Å². The molecule has 1 rings (SSSR count). The van der Waals surface area contributed by atoms with Gasteiger partial charge in [-0.15, -0.1) is 0 Å². The maximum atomic E-state index is 13.2. The Hall–Kier alpha value is -1.73. The van der Waals surface area contributed by atoms with Crippen LogP contribution in [0.2, 0.25) is 0 Å². The van der Waals surface area contributed by atoms with Crippen molar-refractivity contribution in [2.45, 2.75) is 18.9 Å². The lowest BCUT2D eigenvalue weighted by atomic mass is 9.96. The molecule has 0 aliphatic heterocycles. The molecule has 1 aromatic carbocycles. The van der Waals surface area contributed by atoms with Gasteiger partial charge in [-0.05, 0) is 24.6 Å². The lowest BCUT2D eigenvalue weighted by molar-refractivity contribution is -0.0716. The predicted molar refractivity (Wildman–Crippen MR) is 58.8 cm³/mol. The van der Waals surface area contributed by atoms with Crippen LogP contribution < -0.4 is 5.73 Å². The minimum absolute atomic E-state index is 0.120. The zero-order valence-corrected chi connectivity index (χ0v) is 9.52. The monoisotopic (exact) mass is 261 g/mol. The third kappa shape index (κ3) is 2.57. The summed E-state index contributed by atoms with van der Waals surface area (Å²) in [6, 6.07) is 0.0321. The van der Waals surface area contributed by atoms with Crippen LogP contribution in [0.25, 0.3) is 0 Å². The number of aryl methyl sites for hydroxylation is 1. The average Bonchev–Trinajstić information content (AvgIpc) is 2.31. The van der Waals surface area contributed by atoms with Crippen LogP contribution in [-0.2, 0) is 0 Å². The molecule has 0 radical (unpaired) electrons. The number of carboxylic acid groups (broad SMARTS) is 1. The number of phenols is 1. The van der Waals surface area contributed by atoms with Crippen LogP contribution in [0.4, 0.5) is 8.78 Å². The molecule has 100 valence electrons. The van der Waals surface area contributed by atoms with Crippen molar-refractivity contribution in [2.24, 2.45) is 5.73 Å². The van der Waals surface area contributed by atoms with Gasteiger partial charge in [-0.3, -0.25) is 0 Å². The molecule has 1 atom stereocenters. The van der Waals surface area contributed by atoms with Crippen LogP contribution >= 0.6 is 0 Å². The Bertz CT molecular complexity index is 476. The molecule has 0 aliphatic rings. The van der Waals surface area contributed by atoms with Crippen molar-refractivity contribution in [2.75, 3.05) is 6.61 Å². The molecule has 1 aromatic rings. The zero-order chi connectivity index (χ0) is 14.1. The van der Waals surface area contributed by atoms with Crippen molar-refractivity contribution >= 4 is 5.97 Å². The molecule has 5 N–H and O–H groups in total. The smallest absolute Gasteiger partial charge is 0.335 e. The summed E-state index contributed by atoms with van der Waals surface area (Å²) in [7, 11) is 0. The van der Waals surface area contributed by atoms with Crippen molar-refractivity contribution in [1.29, 1.82) is 0 Å². The summed E-state index contributed by atoms with van der Waals surface area (Å²) < 4.78 is 26.5. The molecule has 0 aromatic heterocycles. The Morgan fingerprint density at radius 3 is 2.50 bits per heavy atom. The summed E-state index contributed by atoms with van der Waals surface area (Å²) in [6.45, 7) is -0.126. The van der Waals surface area contributed by atoms with Gasteiger partial charge in [-0.25, -0.2) is 13.6 Å². The fourth-order valence-corrected chi connectivity index (χ4v) is 1.49. The van der Waals surface area contributed by atoms with E-state index >= 15 is 0 Å². The minimum atomic E-state index is -3.65. The predicted octanol–water partition coefficient (Wildman–Crippen LogP) is 1.03. The van der Waals surface area contributed by atoms with Gasteiger partial charge in [0.2, 0.25) is 0 Å². The highest BCUT2D eigenvalue weighted by Crippen LogP contribution is 2.36. The molecule has 0 aliphatic carbocycles. The van der Waals surface area contributed by atoms with Gasteiger partial charge < -0.3 is 21.1 Å². The lowest BCUT2D eigenvalue weighted by Gasteiger charge is -2.23. The van der Waals surface area contributed by atoms with Gasteiger partial charge in [0.05, 0.1) is 5.56 Å². The lowest BCUT2D eigenvalue weighted by Crippen LogP contribution is -2.36. The highest BCUT2D eigenvalue weighted by molar-refractivity contribution is 5.88. The van der Waals surface area contributed by atoms with E-state index in [2.05, 4.69) is 0 Å². The second kappa shape index (κ2) is 4.87. The highest BCUT2D eigenvalue weighted by Gasteiger charge is 2.39. The second-order valence-electron chi connectivity index (χ2n) is 3.93. The molecule has 0 unspecified atom stereocenters. The van der Waals surface area contributed by atoms with Gasteiger partial charge in [-0.2, -0.15) is 0 Å². The number of rotatable bonds is 4. The SMILES string of the molecule is Cc1cc(C(=O)O)cc([C@H](N)C(F)(F)CO)c1O. The summed E-state index contributed by atoms with van der Waals surface area (Å²) in [5.41, 5.74) is 4.71. The molecule has 0 saturated heterocycles. The first-order valence-electron chi connectivity index (χ1n) is 5.01. The van der Waals surface area contributed by atoms with E-state index in [1.54, 1.807) is 0 Å². The number of hydrogen-bond acceptors (Lipinski definition) is 4. The number of aliphatic hydroxyl groups is 1. The number of alkyl halides is 2. The third-order valence-electron chi connectivity index (χ3n) is 2.58. The number of aromatic hydroxyl groups is 1. The van der Waals surface area contributed by atoms with E-state index < -0.39 is 35.9 Å². The van der Waals surface area contributed by atoms with E-state index in [9.17, 15) is 18.7 Å². The van der Waals surface area contributed by atoms with E-state index in [1.807, 2.05) is 0 Å². The van der Waals surface area contributed by atoms with Crippen molar-refractivity contribution in [3.8, 4) is 5.75 Å². The van der Waals surface area contributed by atoms with Crippen molar-refractivity contribution < 1.29 is 28.9 Å². The van der Waals surface area contributed by atoms with Crippen LogP contribution in [0, 0.1) is 6.92 Å². The number of phenolic OH excluding ortho intramolecular Hbond substituents is 1. The van der Waals surface area contributed by atoms with Gasteiger partial charge in [0.15, 0.2) is 0 Å². The van der Waals surface area contributed by atoms with Crippen LogP contribution in [0.5, 0.6) is 5.75 Å². The first-order valence-corrected chi connectivity index (χ1v) is 5.01. The Labute approximate surface area is 101 Å². The van der Waals surface area contributed by atoms with Crippen LogP contribution in [0.1, 0.15) is 27.5 Å². The van der Waals surface area contributed by atoms with Crippen molar-refractivity contribution in [1.82, 2.24) is 0 Å².